The second-order valence-electron chi connectivity index (χ2n) is 5.74. The van der Waals surface area contributed by atoms with E-state index in [0.717, 1.165) is 31.0 Å². The SMILES string of the molecule is CCC1CCCN(C(CC)C(O)c2ccccc2)C1. The number of aliphatic hydroxyl groups excluding tert-OH is 1. The zero-order valence-electron chi connectivity index (χ0n) is 12.3. The lowest BCUT2D eigenvalue weighted by atomic mass is 9.91. The Morgan fingerprint density at radius 3 is 2.63 bits per heavy atom. The maximum atomic E-state index is 10.6. The van der Waals surface area contributed by atoms with Gasteiger partial charge in [0, 0.05) is 12.6 Å². The predicted molar refractivity (Wildman–Crippen MR) is 80.1 cm³/mol. The molecule has 1 heterocycles. The topological polar surface area (TPSA) is 23.5 Å². The number of rotatable bonds is 5. The zero-order chi connectivity index (χ0) is 13.7. The summed E-state index contributed by atoms with van der Waals surface area (Å²) in [5.74, 6) is 0.811. The maximum absolute atomic E-state index is 10.6. The van der Waals surface area contributed by atoms with E-state index in [9.17, 15) is 5.11 Å². The summed E-state index contributed by atoms with van der Waals surface area (Å²) in [7, 11) is 0. The Morgan fingerprint density at radius 1 is 1.26 bits per heavy atom. The first-order chi connectivity index (χ1) is 9.26. The minimum absolute atomic E-state index is 0.261. The molecule has 0 spiro atoms. The van der Waals surface area contributed by atoms with Crippen LogP contribution in [0.15, 0.2) is 30.3 Å². The number of hydrogen-bond donors (Lipinski definition) is 1. The summed E-state index contributed by atoms with van der Waals surface area (Å²) in [5, 5.41) is 10.6. The quantitative estimate of drug-likeness (QED) is 0.875. The molecule has 0 bridgehead atoms. The van der Waals surface area contributed by atoms with Gasteiger partial charge in [-0.25, -0.2) is 0 Å². The van der Waals surface area contributed by atoms with E-state index in [2.05, 4.69) is 18.7 Å². The number of hydrogen-bond acceptors (Lipinski definition) is 2. The second kappa shape index (κ2) is 7.06. The fourth-order valence-corrected chi connectivity index (χ4v) is 3.29. The molecule has 1 aromatic carbocycles. The van der Waals surface area contributed by atoms with Gasteiger partial charge in [0.05, 0.1) is 6.10 Å². The summed E-state index contributed by atoms with van der Waals surface area (Å²) in [6.45, 7) is 6.76. The van der Waals surface area contributed by atoms with Gasteiger partial charge in [0.2, 0.25) is 0 Å². The van der Waals surface area contributed by atoms with Crippen molar-refractivity contribution in [3.05, 3.63) is 35.9 Å². The van der Waals surface area contributed by atoms with Crippen LogP contribution in [0.25, 0.3) is 0 Å². The van der Waals surface area contributed by atoms with Crippen molar-refractivity contribution in [1.29, 1.82) is 0 Å². The lowest BCUT2D eigenvalue weighted by molar-refractivity contribution is 0.0210. The van der Waals surface area contributed by atoms with E-state index >= 15 is 0 Å². The maximum Gasteiger partial charge on any atom is 0.0945 e. The van der Waals surface area contributed by atoms with Gasteiger partial charge in [-0.05, 0) is 37.3 Å². The van der Waals surface area contributed by atoms with Gasteiger partial charge >= 0.3 is 0 Å². The average molecular weight is 261 g/mol. The van der Waals surface area contributed by atoms with Gasteiger partial charge in [0.1, 0.15) is 0 Å². The van der Waals surface area contributed by atoms with E-state index in [-0.39, 0.29) is 12.1 Å². The predicted octanol–water partition coefficient (Wildman–Crippen LogP) is 3.62. The van der Waals surface area contributed by atoms with Gasteiger partial charge in [-0.2, -0.15) is 0 Å². The molecule has 3 unspecified atom stereocenters. The molecular formula is C17H27NO. The van der Waals surface area contributed by atoms with Gasteiger partial charge < -0.3 is 5.11 Å². The van der Waals surface area contributed by atoms with E-state index < -0.39 is 0 Å². The Balaban J connectivity index is 2.06. The lowest BCUT2D eigenvalue weighted by Crippen LogP contribution is -2.45. The first-order valence-electron chi connectivity index (χ1n) is 7.73. The normalized spacial score (nSPS) is 24.1. The first kappa shape index (κ1) is 14.5. The Kier molecular flexibility index (Phi) is 5.41. The molecule has 1 fully saturated rings. The monoisotopic (exact) mass is 261 g/mol. The summed E-state index contributed by atoms with van der Waals surface area (Å²) in [4.78, 5) is 2.51. The molecule has 0 radical (unpaired) electrons. The zero-order valence-corrected chi connectivity index (χ0v) is 12.3. The van der Waals surface area contributed by atoms with E-state index in [1.165, 1.54) is 19.3 Å². The van der Waals surface area contributed by atoms with Crippen LogP contribution in [0.2, 0.25) is 0 Å². The van der Waals surface area contributed by atoms with Crippen LogP contribution >= 0.6 is 0 Å². The second-order valence-corrected chi connectivity index (χ2v) is 5.74. The van der Waals surface area contributed by atoms with E-state index in [1.807, 2.05) is 30.3 Å². The molecule has 0 amide bonds. The van der Waals surface area contributed by atoms with Crippen LogP contribution in [0.5, 0.6) is 0 Å². The van der Waals surface area contributed by atoms with Crippen molar-refractivity contribution in [3.63, 3.8) is 0 Å². The minimum Gasteiger partial charge on any atom is -0.387 e. The number of benzene rings is 1. The number of piperidine rings is 1. The highest BCUT2D eigenvalue weighted by Crippen LogP contribution is 2.28. The largest absolute Gasteiger partial charge is 0.387 e. The molecular weight excluding hydrogens is 234 g/mol. The molecule has 0 aromatic heterocycles. The summed E-state index contributed by atoms with van der Waals surface area (Å²) in [6, 6.07) is 10.4. The van der Waals surface area contributed by atoms with Crippen LogP contribution in [0, 0.1) is 5.92 Å². The van der Waals surface area contributed by atoms with Crippen molar-refractivity contribution in [2.75, 3.05) is 13.1 Å². The molecule has 1 aromatic rings. The summed E-state index contributed by atoms with van der Waals surface area (Å²) >= 11 is 0. The Hall–Kier alpha value is -0.860. The molecule has 1 N–H and O–H groups in total. The summed E-state index contributed by atoms with van der Waals surface area (Å²) in [5.41, 5.74) is 1.05. The van der Waals surface area contributed by atoms with Crippen molar-refractivity contribution in [2.24, 2.45) is 5.92 Å². The molecule has 1 aliphatic rings. The fraction of sp³-hybridized carbons (Fsp3) is 0.647. The van der Waals surface area contributed by atoms with E-state index in [1.54, 1.807) is 0 Å². The van der Waals surface area contributed by atoms with E-state index in [4.69, 9.17) is 0 Å². The minimum atomic E-state index is -0.359. The van der Waals surface area contributed by atoms with Gasteiger partial charge in [0.25, 0.3) is 0 Å². The first-order valence-corrected chi connectivity index (χ1v) is 7.73. The summed E-state index contributed by atoms with van der Waals surface area (Å²) in [6.07, 6.45) is 4.53. The Labute approximate surface area is 117 Å². The smallest absolute Gasteiger partial charge is 0.0945 e. The van der Waals surface area contributed by atoms with Gasteiger partial charge in [-0.1, -0.05) is 50.6 Å². The van der Waals surface area contributed by atoms with Crippen molar-refractivity contribution in [2.45, 2.75) is 51.7 Å². The Bertz CT molecular complexity index is 365. The van der Waals surface area contributed by atoms with Crippen LogP contribution in [0.4, 0.5) is 0 Å². The van der Waals surface area contributed by atoms with Crippen molar-refractivity contribution in [3.8, 4) is 0 Å². The van der Waals surface area contributed by atoms with Crippen LogP contribution in [-0.2, 0) is 0 Å². The number of nitrogens with zero attached hydrogens (tertiary/aromatic N) is 1. The van der Waals surface area contributed by atoms with Gasteiger partial charge in [-0.3, -0.25) is 4.90 Å². The standard InChI is InChI=1S/C17H27NO/c1-3-14-9-8-12-18(13-14)16(4-2)17(19)15-10-6-5-7-11-15/h5-7,10-11,14,16-17,19H,3-4,8-9,12-13H2,1-2H3. The summed E-state index contributed by atoms with van der Waals surface area (Å²) < 4.78 is 0. The molecule has 19 heavy (non-hydrogen) atoms. The highest BCUT2D eigenvalue weighted by Gasteiger charge is 2.29. The molecule has 3 atom stereocenters. The van der Waals surface area contributed by atoms with Crippen LogP contribution < -0.4 is 0 Å². The van der Waals surface area contributed by atoms with Crippen molar-refractivity contribution in [1.82, 2.24) is 4.90 Å². The number of aliphatic hydroxyl groups is 1. The molecule has 0 aliphatic carbocycles. The van der Waals surface area contributed by atoms with Crippen LogP contribution in [0.3, 0.4) is 0 Å². The molecule has 2 heteroatoms. The third-order valence-electron chi connectivity index (χ3n) is 4.52. The Morgan fingerprint density at radius 2 is 2.00 bits per heavy atom. The third-order valence-corrected chi connectivity index (χ3v) is 4.52. The van der Waals surface area contributed by atoms with Crippen LogP contribution in [0.1, 0.15) is 51.2 Å². The lowest BCUT2D eigenvalue weighted by Gasteiger charge is -2.40. The molecule has 2 nitrogen and oxygen atoms in total. The molecule has 2 rings (SSSR count). The fourth-order valence-electron chi connectivity index (χ4n) is 3.29. The molecule has 0 saturated carbocycles. The average Bonchev–Trinajstić information content (AvgIpc) is 2.49. The molecule has 1 saturated heterocycles. The highest BCUT2D eigenvalue weighted by molar-refractivity contribution is 5.19. The highest BCUT2D eigenvalue weighted by atomic mass is 16.3. The number of likely N-dealkylation sites (tertiary alicyclic amines) is 1. The van der Waals surface area contributed by atoms with Crippen molar-refractivity contribution < 1.29 is 5.11 Å². The van der Waals surface area contributed by atoms with Gasteiger partial charge in [0.15, 0.2) is 0 Å². The van der Waals surface area contributed by atoms with E-state index in [0.29, 0.717) is 0 Å². The third kappa shape index (κ3) is 3.58. The molecule has 106 valence electrons. The van der Waals surface area contributed by atoms with Crippen molar-refractivity contribution >= 4 is 0 Å². The molecule has 1 aliphatic heterocycles. The van der Waals surface area contributed by atoms with Crippen LogP contribution in [-0.4, -0.2) is 29.1 Å². The van der Waals surface area contributed by atoms with Gasteiger partial charge in [-0.15, -0.1) is 0 Å².